The summed E-state index contributed by atoms with van der Waals surface area (Å²) in [6.45, 7) is 4.70. The minimum absolute atomic E-state index is 0.115. The Morgan fingerprint density at radius 3 is 2.43 bits per heavy atom. The molecule has 1 unspecified atom stereocenters. The molecule has 1 fully saturated rings. The first kappa shape index (κ1) is 12.2. The summed E-state index contributed by atoms with van der Waals surface area (Å²) >= 11 is 0. The highest BCUT2D eigenvalue weighted by molar-refractivity contribution is 8.12. The molecule has 1 aliphatic heterocycles. The molecule has 0 aliphatic carbocycles. The van der Waals surface area contributed by atoms with Crippen molar-refractivity contribution < 1.29 is 8.42 Å². The van der Waals surface area contributed by atoms with Crippen LogP contribution in [0, 0.1) is 0 Å². The molecule has 1 rings (SSSR count). The van der Waals surface area contributed by atoms with Crippen LogP contribution in [-0.4, -0.2) is 39.0 Å². The fourth-order valence-electron chi connectivity index (χ4n) is 1.81. The first-order valence-electron chi connectivity index (χ1n) is 4.91. The van der Waals surface area contributed by atoms with Gasteiger partial charge in [-0.2, -0.15) is 13.1 Å². The van der Waals surface area contributed by atoms with Crippen molar-refractivity contribution in [3.63, 3.8) is 0 Å². The maximum Gasteiger partial charge on any atom is 0.297 e. The highest BCUT2D eigenvalue weighted by Crippen LogP contribution is 2.09. The largest absolute Gasteiger partial charge is 0.302 e. The Morgan fingerprint density at radius 1 is 1.36 bits per heavy atom. The van der Waals surface area contributed by atoms with E-state index >= 15 is 0 Å². The van der Waals surface area contributed by atoms with Gasteiger partial charge in [0.2, 0.25) is 0 Å². The molecule has 0 spiro atoms. The van der Waals surface area contributed by atoms with E-state index < -0.39 is 9.24 Å². The lowest BCUT2D eigenvalue weighted by Crippen LogP contribution is -2.42. The Labute approximate surface area is 90.2 Å². The maximum atomic E-state index is 10.7. The van der Waals surface area contributed by atoms with E-state index in [-0.39, 0.29) is 6.04 Å². The molecule has 0 aromatic heterocycles. The average Bonchev–Trinajstić information content (AvgIpc) is 2.02. The van der Waals surface area contributed by atoms with Gasteiger partial charge in [-0.05, 0) is 32.9 Å². The Kier molecular flexibility index (Phi) is 4.63. The van der Waals surface area contributed by atoms with Crippen LogP contribution in [0.25, 0.3) is 0 Å². The molecule has 4 nitrogen and oxygen atoms in total. The zero-order valence-corrected chi connectivity index (χ0v) is 9.94. The van der Waals surface area contributed by atoms with Crippen molar-refractivity contribution in [2.75, 3.05) is 19.6 Å². The number of hydrogen-bond acceptors (Lipinski definition) is 3. The lowest BCUT2D eigenvalue weighted by molar-refractivity contribution is 0.216. The standard InChI is InChI=1S/C8H17ClN2O2S/c1-8(10-14(9,12)13)7-11-5-3-2-4-6-11/h8,10H,2-7H2,1H3. The molecular formula is C8H17ClN2O2S. The van der Waals surface area contributed by atoms with E-state index in [4.69, 9.17) is 10.7 Å². The minimum Gasteiger partial charge on any atom is -0.302 e. The van der Waals surface area contributed by atoms with Crippen molar-refractivity contribution in [2.45, 2.75) is 32.2 Å². The number of rotatable bonds is 4. The van der Waals surface area contributed by atoms with E-state index in [2.05, 4.69) is 9.62 Å². The van der Waals surface area contributed by atoms with Crippen LogP contribution in [0.4, 0.5) is 0 Å². The summed E-state index contributed by atoms with van der Waals surface area (Å²) in [5.74, 6) is 0. The second kappa shape index (κ2) is 5.30. The predicted octanol–water partition coefficient (Wildman–Crippen LogP) is 0.934. The number of piperidine rings is 1. The van der Waals surface area contributed by atoms with Crippen molar-refractivity contribution in [3.05, 3.63) is 0 Å². The smallest absolute Gasteiger partial charge is 0.297 e. The SMILES string of the molecule is CC(CN1CCCCC1)NS(=O)(=O)Cl. The summed E-state index contributed by atoms with van der Waals surface area (Å²) in [4.78, 5) is 2.27. The Morgan fingerprint density at radius 2 is 1.93 bits per heavy atom. The Balaban J connectivity index is 2.28. The van der Waals surface area contributed by atoms with E-state index in [0.717, 1.165) is 19.6 Å². The molecular weight excluding hydrogens is 224 g/mol. The molecule has 0 aromatic rings. The quantitative estimate of drug-likeness (QED) is 0.744. The van der Waals surface area contributed by atoms with Gasteiger partial charge in [0, 0.05) is 23.3 Å². The molecule has 0 radical (unpaired) electrons. The van der Waals surface area contributed by atoms with E-state index in [9.17, 15) is 8.42 Å². The molecule has 0 saturated carbocycles. The number of halogens is 1. The Bertz CT molecular complexity index is 263. The molecule has 1 heterocycles. The van der Waals surface area contributed by atoms with Gasteiger partial charge in [0.1, 0.15) is 0 Å². The van der Waals surface area contributed by atoms with Crippen LogP contribution < -0.4 is 4.72 Å². The van der Waals surface area contributed by atoms with Crippen LogP contribution in [0.15, 0.2) is 0 Å². The fraction of sp³-hybridized carbons (Fsp3) is 1.00. The number of hydrogen-bond donors (Lipinski definition) is 1. The molecule has 1 atom stereocenters. The molecule has 0 aromatic carbocycles. The number of nitrogens with zero attached hydrogens (tertiary/aromatic N) is 1. The van der Waals surface area contributed by atoms with Crippen LogP contribution in [0.5, 0.6) is 0 Å². The van der Waals surface area contributed by atoms with Crippen LogP contribution in [0.1, 0.15) is 26.2 Å². The van der Waals surface area contributed by atoms with Crippen molar-refractivity contribution in [2.24, 2.45) is 0 Å². The van der Waals surface area contributed by atoms with Gasteiger partial charge in [0.05, 0.1) is 0 Å². The fourth-order valence-corrected chi connectivity index (χ4v) is 2.82. The molecule has 6 heteroatoms. The van der Waals surface area contributed by atoms with E-state index in [0.29, 0.717) is 0 Å². The third-order valence-electron chi connectivity index (χ3n) is 2.32. The second-order valence-electron chi connectivity index (χ2n) is 3.82. The lowest BCUT2D eigenvalue weighted by Gasteiger charge is -2.28. The molecule has 0 bridgehead atoms. The summed E-state index contributed by atoms with van der Waals surface area (Å²) in [6, 6.07) is -0.115. The van der Waals surface area contributed by atoms with Gasteiger partial charge < -0.3 is 4.90 Å². The highest BCUT2D eigenvalue weighted by Gasteiger charge is 2.16. The lowest BCUT2D eigenvalue weighted by atomic mass is 10.1. The minimum atomic E-state index is -3.58. The molecule has 84 valence electrons. The number of likely N-dealkylation sites (tertiary alicyclic amines) is 1. The summed E-state index contributed by atoms with van der Waals surface area (Å²) < 4.78 is 23.8. The van der Waals surface area contributed by atoms with Gasteiger partial charge in [-0.3, -0.25) is 0 Å². The summed E-state index contributed by atoms with van der Waals surface area (Å²) in [5.41, 5.74) is 0. The predicted molar refractivity (Wildman–Crippen MR) is 57.7 cm³/mol. The van der Waals surface area contributed by atoms with Crippen molar-refractivity contribution in [1.29, 1.82) is 0 Å². The summed E-state index contributed by atoms with van der Waals surface area (Å²) in [6.07, 6.45) is 3.70. The Hall–Kier alpha value is 0.160. The summed E-state index contributed by atoms with van der Waals surface area (Å²) in [7, 11) is 1.51. The van der Waals surface area contributed by atoms with Gasteiger partial charge in [-0.15, -0.1) is 0 Å². The average molecular weight is 241 g/mol. The molecule has 14 heavy (non-hydrogen) atoms. The van der Waals surface area contributed by atoms with Gasteiger partial charge in [-0.1, -0.05) is 6.42 Å². The van der Waals surface area contributed by atoms with Crippen LogP contribution in [-0.2, 0) is 9.24 Å². The van der Waals surface area contributed by atoms with Crippen molar-refractivity contribution in [3.8, 4) is 0 Å². The van der Waals surface area contributed by atoms with Gasteiger partial charge in [0.15, 0.2) is 0 Å². The zero-order chi connectivity index (χ0) is 10.6. The van der Waals surface area contributed by atoms with Gasteiger partial charge in [-0.25, -0.2) is 0 Å². The molecule has 1 saturated heterocycles. The molecule has 0 amide bonds. The van der Waals surface area contributed by atoms with Crippen LogP contribution >= 0.6 is 10.7 Å². The topological polar surface area (TPSA) is 49.4 Å². The third-order valence-corrected chi connectivity index (χ3v) is 3.27. The highest BCUT2D eigenvalue weighted by atomic mass is 35.7. The van der Waals surface area contributed by atoms with E-state index in [1.165, 1.54) is 19.3 Å². The second-order valence-corrected chi connectivity index (χ2v) is 6.15. The van der Waals surface area contributed by atoms with Crippen molar-refractivity contribution in [1.82, 2.24) is 9.62 Å². The first-order chi connectivity index (χ1) is 6.47. The van der Waals surface area contributed by atoms with Gasteiger partial charge in [0.25, 0.3) is 9.24 Å². The number of nitrogens with one attached hydrogen (secondary N) is 1. The van der Waals surface area contributed by atoms with Crippen LogP contribution in [0.2, 0.25) is 0 Å². The zero-order valence-electron chi connectivity index (χ0n) is 8.37. The molecule has 1 N–H and O–H groups in total. The van der Waals surface area contributed by atoms with E-state index in [1.54, 1.807) is 0 Å². The molecule has 1 aliphatic rings. The first-order valence-corrected chi connectivity index (χ1v) is 7.22. The monoisotopic (exact) mass is 240 g/mol. The third kappa shape index (κ3) is 5.14. The normalized spacial score (nSPS) is 22.1. The van der Waals surface area contributed by atoms with Gasteiger partial charge >= 0.3 is 0 Å². The maximum absolute atomic E-state index is 10.7. The van der Waals surface area contributed by atoms with Crippen LogP contribution in [0.3, 0.4) is 0 Å². The summed E-state index contributed by atoms with van der Waals surface area (Å²) in [5, 5.41) is 0. The van der Waals surface area contributed by atoms with Crippen molar-refractivity contribution >= 4 is 19.9 Å². The van der Waals surface area contributed by atoms with E-state index in [1.807, 2.05) is 6.92 Å².